The Morgan fingerprint density at radius 1 is 0.648 bits per heavy atom. The van der Waals surface area contributed by atoms with E-state index in [1.54, 1.807) is 0 Å². The molecule has 0 atom stereocenters. The average Bonchev–Trinajstić information content (AvgIpc) is 3.23. The topological polar surface area (TPSA) is 6.48 Å². The van der Waals surface area contributed by atoms with Gasteiger partial charge < -0.3 is 9.80 Å². The van der Waals surface area contributed by atoms with Gasteiger partial charge >= 0.3 is 0 Å². The highest BCUT2D eigenvalue weighted by Crippen LogP contribution is 2.39. The monoisotopic (exact) mass is 696 g/mol. The molecule has 0 saturated carbocycles. The van der Waals surface area contributed by atoms with E-state index >= 15 is 0 Å². The summed E-state index contributed by atoms with van der Waals surface area (Å²) < 4.78 is 0. The summed E-state index contributed by atoms with van der Waals surface area (Å²) in [7, 11) is 0. The number of hydrogen-bond acceptors (Lipinski definition) is 2. The fourth-order valence-corrected chi connectivity index (χ4v) is 7.22. The van der Waals surface area contributed by atoms with Gasteiger partial charge in [0.05, 0.1) is 0 Å². The Kier molecular flexibility index (Phi) is 10.9. The molecule has 7 aromatic carbocycles. The molecule has 1 aliphatic rings. The summed E-state index contributed by atoms with van der Waals surface area (Å²) >= 11 is 0. The third-order valence-corrected chi connectivity index (χ3v) is 9.82. The fourth-order valence-electron chi connectivity index (χ4n) is 7.22. The first-order valence-electron chi connectivity index (χ1n) is 18.3. The second kappa shape index (κ2) is 16.6. The van der Waals surface area contributed by atoms with Crippen molar-refractivity contribution >= 4 is 66.2 Å². The SMILES string of the molecule is C=C.C=C/C=C(\C=C/CN(c1ccc(N2C/C=C\C=C/C(=C)c3cccc4cccc2c34)cc1)c1ccc2cc3ccccc3cc2c1)c1ccccc1. The van der Waals surface area contributed by atoms with Crippen molar-refractivity contribution in [3.05, 3.63) is 232 Å². The molecule has 54 heavy (non-hydrogen) atoms. The highest BCUT2D eigenvalue weighted by molar-refractivity contribution is 6.05. The highest BCUT2D eigenvalue weighted by Gasteiger charge is 2.17. The van der Waals surface area contributed by atoms with Crippen LogP contribution in [-0.4, -0.2) is 13.1 Å². The minimum Gasteiger partial charge on any atom is -0.338 e. The average molecular weight is 697 g/mol. The van der Waals surface area contributed by atoms with Gasteiger partial charge in [-0.05, 0) is 104 Å². The predicted molar refractivity (Wildman–Crippen MR) is 238 cm³/mol. The molecule has 0 aromatic heterocycles. The number of benzene rings is 7. The zero-order chi connectivity index (χ0) is 37.3. The Balaban J connectivity index is 0.00000221. The summed E-state index contributed by atoms with van der Waals surface area (Å²) in [6.07, 6.45) is 16.9. The second-order valence-electron chi connectivity index (χ2n) is 13.1. The number of rotatable bonds is 8. The van der Waals surface area contributed by atoms with Gasteiger partial charge in [0.1, 0.15) is 0 Å². The smallest absolute Gasteiger partial charge is 0.0499 e. The van der Waals surface area contributed by atoms with Crippen molar-refractivity contribution in [3.8, 4) is 0 Å². The minimum absolute atomic E-state index is 0.688. The molecule has 0 amide bonds. The maximum absolute atomic E-state index is 4.41. The van der Waals surface area contributed by atoms with Gasteiger partial charge in [-0.15, -0.1) is 13.2 Å². The van der Waals surface area contributed by atoms with Crippen LogP contribution in [0.25, 0.3) is 43.5 Å². The predicted octanol–water partition coefficient (Wildman–Crippen LogP) is 14.2. The Morgan fingerprint density at radius 3 is 2.07 bits per heavy atom. The minimum atomic E-state index is 0.688. The van der Waals surface area contributed by atoms with E-state index in [0.717, 1.165) is 45.9 Å². The summed E-state index contributed by atoms with van der Waals surface area (Å²) in [5.41, 5.74) is 9.01. The Labute approximate surface area is 319 Å². The summed E-state index contributed by atoms with van der Waals surface area (Å²) in [6, 6.07) is 52.5. The van der Waals surface area contributed by atoms with Crippen LogP contribution in [0.4, 0.5) is 22.7 Å². The maximum Gasteiger partial charge on any atom is 0.0499 e. The summed E-state index contributed by atoms with van der Waals surface area (Å²) in [4.78, 5) is 4.79. The van der Waals surface area contributed by atoms with E-state index in [1.165, 1.54) is 38.0 Å². The van der Waals surface area contributed by atoms with E-state index < -0.39 is 0 Å². The Bertz CT molecular complexity index is 2560. The van der Waals surface area contributed by atoms with Crippen molar-refractivity contribution in [1.29, 1.82) is 0 Å². The van der Waals surface area contributed by atoms with E-state index in [-0.39, 0.29) is 0 Å². The van der Waals surface area contributed by atoms with Crippen molar-refractivity contribution < 1.29 is 0 Å². The van der Waals surface area contributed by atoms with Crippen molar-refractivity contribution in [2.75, 3.05) is 22.9 Å². The highest BCUT2D eigenvalue weighted by atomic mass is 15.1. The van der Waals surface area contributed by atoms with Crippen LogP contribution >= 0.6 is 0 Å². The molecule has 8 rings (SSSR count). The molecule has 1 aliphatic heterocycles. The summed E-state index contributed by atoms with van der Waals surface area (Å²) in [6.45, 7) is 15.8. The molecule has 0 fully saturated rings. The van der Waals surface area contributed by atoms with Crippen LogP contribution in [0.3, 0.4) is 0 Å². The van der Waals surface area contributed by atoms with Gasteiger partial charge in [0, 0.05) is 41.2 Å². The lowest BCUT2D eigenvalue weighted by Gasteiger charge is -2.28. The van der Waals surface area contributed by atoms with Gasteiger partial charge in [0.2, 0.25) is 0 Å². The van der Waals surface area contributed by atoms with E-state index in [0.29, 0.717) is 6.54 Å². The number of fused-ring (bicyclic) bond motifs is 2. The van der Waals surface area contributed by atoms with Crippen LogP contribution in [0.2, 0.25) is 0 Å². The van der Waals surface area contributed by atoms with Crippen molar-refractivity contribution in [2.24, 2.45) is 0 Å². The molecule has 262 valence electrons. The quantitative estimate of drug-likeness (QED) is 0.0886. The first-order valence-corrected chi connectivity index (χ1v) is 18.3. The van der Waals surface area contributed by atoms with Gasteiger partial charge in [0.15, 0.2) is 0 Å². The maximum atomic E-state index is 4.41. The molecular formula is C52H44N2. The van der Waals surface area contributed by atoms with Gasteiger partial charge in [-0.3, -0.25) is 0 Å². The molecule has 0 unspecified atom stereocenters. The van der Waals surface area contributed by atoms with Gasteiger partial charge in [-0.25, -0.2) is 0 Å². The first-order chi connectivity index (χ1) is 26.7. The van der Waals surface area contributed by atoms with Crippen LogP contribution in [-0.2, 0) is 0 Å². The van der Waals surface area contributed by atoms with Crippen LogP contribution in [0.15, 0.2) is 221 Å². The van der Waals surface area contributed by atoms with Gasteiger partial charge in [0.25, 0.3) is 0 Å². The molecule has 0 aliphatic carbocycles. The molecule has 2 heteroatoms. The van der Waals surface area contributed by atoms with E-state index in [1.807, 2.05) is 12.1 Å². The van der Waals surface area contributed by atoms with Crippen molar-refractivity contribution in [1.82, 2.24) is 0 Å². The number of allylic oxidation sites excluding steroid dienone is 8. The second-order valence-corrected chi connectivity index (χ2v) is 13.1. The molecule has 0 saturated heterocycles. The van der Waals surface area contributed by atoms with Crippen LogP contribution < -0.4 is 9.80 Å². The number of anilines is 4. The van der Waals surface area contributed by atoms with Gasteiger partial charge in [-0.2, -0.15) is 0 Å². The lowest BCUT2D eigenvalue weighted by atomic mass is 9.96. The van der Waals surface area contributed by atoms with E-state index in [2.05, 4.69) is 218 Å². The lowest BCUT2D eigenvalue weighted by Crippen LogP contribution is -2.19. The zero-order valence-electron chi connectivity index (χ0n) is 30.6. The molecular weight excluding hydrogens is 653 g/mol. The summed E-state index contributed by atoms with van der Waals surface area (Å²) in [5.74, 6) is 0. The third kappa shape index (κ3) is 7.51. The summed E-state index contributed by atoms with van der Waals surface area (Å²) in [5, 5.41) is 7.38. The van der Waals surface area contributed by atoms with Gasteiger partial charge in [-0.1, -0.05) is 153 Å². The van der Waals surface area contributed by atoms with Crippen LogP contribution in [0, 0.1) is 0 Å². The van der Waals surface area contributed by atoms with Crippen molar-refractivity contribution in [2.45, 2.75) is 0 Å². The van der Waals surface area contributed by atoms with E-state index in [9.17, 15) is 0 Å². The lowest BCUT2D eigenvalue weighted by molar-refractivity contribution is 1.08. The standard InChI is InChI=1S/C50H40N2.C2H4/c1-3-15-38(39-17-7-4-8-18-39)23-14-33-51(47-27-26-43-34-41-19-9-10-20-42(41)35-44(43)36-47)45-28-30-46(31-29-45)52-32-11-5-6-16-37(2)48-24-12-21-40-22-13-25-49(52)50(40)48;1-2/h3-31,34-36H,1-2,32-33H2;1-2H2/b11-5-,16-6-,23-14-,38-15+;. The Hall–Kier alpha value is -6.90. The van der Waals surface area contributed by atoms with E-state index in [4.69, 9.17) is 0 Å². The van der Waals surface area contributed by atoms with Crippen molar-refractivity contribution in [3.63, 3.8) is 0 Å². The molecule has 0 N–H and O–H groups in total. The Morgan fingerprint density at radius 2 is 1.31 bits per heavy atom. The van der Waals surface area contributed by atoms with Crippen LogP contribution in [0.5, 0.6) is 0 Å². The number of hydrogen-bond donors (Lipinski definition) is 0. The molecule has 2 nitrogen and oxygen atoms in total. The molecule has 1 heterocycles. The zero-order valence-corrected chi connectivity index (χ0v) is 30.6. The largest absolute Gasteiger partial charge is 0.338 e. The van der Waals surface area contributed by atoms with Crippen LogP contribution in [0.1, 0.15) is 11.1 Å². The number of nitrogens with zero attached hydrogens (tertiary/aromatic N) is 2. The fraction of sp³-hybridized carbons (Fsp3) is 0.0385. The normalized spacial score (nSPS) is 14.1. The molecule has 0 spiro atoms. The third-order valence-electron chi connectivity index (χ3n) is 9.82. The molecule has 0 bridgehead atoms. The molecule has 7 aromatic rings. The molecule has 0 radical (unpaired) electrons. The first kappa shape index (κ1) is 35.5.